The molecule has 0 amide bonds. The summed E-state index contributed by atoms with van der Waals surface area (Å²) < 4.78 is 4.80. The molecule has 1 aliphatic rings. The molecular formula is C55H44N2. The lowest BCUT2D eigenvalue weighted by molar-refractivity contribution is 0.590. The molecule has 11 rings (SSSR count). The molecule has 0 bridgehead atoms. The highest BCUT2D eigenvalue weighted by Crippen LogP contribution is 2.51. The smallest absolute Gasteiger partial charge is 0.0541 e. The number of benzene rings is 8. The van der Waals surface area contributed by atoms with Gasteiger partial charge in [-0.25, -0.2) is 0 Å². The Morgan fingerprint density at radius 1 is 0.368 bits per heavy atom. The summed E-state index contributed by atoms with van der Waals surface area (Å²) in [6, 6.07) is 65.6. The van der Waals surface area contributed by atoms with Crippen LogP contribution in [0.3, 0.4) is 0 Å². The molecule has 0 radical (unpaired) electrons. The fraction of sp³-hybridized carbons (Fsp3) is 0.127. The van der Waals surface area contributed by atoms with Crippen molar-refractivity contribution in [3.05, 3.63) is 193 Å². The average molecular weight is 733 g/mol. The highest BCUT2D eigenvalue weighted by Gasteiger charge is 2.36. The van der Waals surface area contributed by atoms with Crippen molar-refractivity contribution in [2.45, 2.75) is 45.4 Å². The van der Waals surface area contributed by atoms with E-state index in [9.17, 15) is 0 Å². The molecule has 274 valence electrons. The van der Waals surface area contributed by atoms with Crippen LogP contribution in [-0.4, -0.2) is 9.13 Å². The van der Waals surface area contributed by atoms with Gasteiger partial charge in [-0.3, -0.25) is 0 Å². The lowest BCUT2D eigenvalue weighted by Gasteiger charge is -2.22. The molecule has 2 aromatic heterocycles. The summed E-state index contributed by atoms with van der Waals surface area (Å²) in [5, 5.41) is 5.10. The van der Waals surface area contributed by atoms with E-state index in [2.05, 4.69) is 220 Å². The number of hydrogen-bond donors (Lipinski definition) is 0. The van der Waals surface area contributed by atoms with Gasteiger partial charge in [-0.1, -0.05) is 138 Å². The topological polar surface area (TPSA) is 9.86 Å². The van der Waals surface area contributed by atoms with Crippen molar-refractivity contribution in [3.8, 4) is 44.8 Å². The van der Waals surface area contributed by atoms with E-state index < -0.39 is 0 Å². The van der Waals surface area contributed by atoms with Crippen LogP contribution in [0, 0.1) is 0 Å². The van der Waals surface area contributed by atoms with Gasteiger partial charge in [-0.15, -0.1) is 0 Å². The minimum atomic E-state index is -0.149. The Labute approximate surface area is 334 Å². The van der Waals surface area contributed by atoms with Crippen molar-refractivity contribution in [3.63, 3.8) is 0 Å². The minimum absolute atomic E-state index is 0.115. The van der Waals surface area contributed by atoms with Gasteiger partial charge in [0, 0.05) is 38.3 Å². The van der Waals surface area contributed by atoms with E-state index in [1.165, 1.54) is 105 Å². The Kier molecular flexibility index (Phi) is 7.20. The van der Waals surface area contributed by atoms with Crippen molar-refractivity contribution in [1.29, 1.82) is 0 Å². The summed E-state index contributed by atoms with van der Waals surface area (Å²) in [4.78, 5) is 0. The van der Waals surface area contributed by atoms with Gasteiger partial charge in [0.2, 0.25) is 0 Å². The number of aromatic nitrogens is 2. The normalized spacial score (nSPS) is 13.5. The lowest BCUT2D eigenvalue weighted by atomic mass is 9.80. The molecule has 0 atom stereocenters. The number of nitrogens with zero attached hydrogens (tertiary/aromatic N) is 2. The van der Waals surface area contributed by atoms with E-state index in [1.807, 2.05) is 0 Å². The molecule has 10 aromatic rings. The molecule has 0 N–H and O–H groups in total. The third kappa shape index (κ3) is 5.10. The zero-order chi connectivity index (χ0) is 38.6. The van der Waals surface area contributed by atoms with Gasteiger partial charge in [-0.05, 0) is 128 Å². The van der Waals surface area contributed by atoms with E-state index in [1.54, 1.807) is 0 Å². The van der Waals surface area contributed by atoms with Crippen molar-refractivity contribution in [1.82, 2.24) is 9.13 Å². The predicted molar refractivity (Wildman–Crippen MR) is 242 cm³/mol. The molecule has 0 saturated heterocycles. The molecule has 0 aliphatic heterocycles. The van der Waals surface area contributed by atoms with Crippen LogP contribution >= 0.6 is 0 Å². The summed E-state index contributed by atoms with van der Waals surface area (Å²) in [7, 11) is 0. The Hall–Kier alpha value is -6.64. The maximum Gasteiger partial charge on any atom is 0.0541 e. The first-order valence-corrected chi connectivity index (χ1v) is 20.2. The molecule has 0 unspecified atom stereocenters. The fourth-order valence-electron chi connectivity index (χ4n) is 9.65. The van der Waals surface area contributed by atoms with Gasteiger partial charge in [0.05, 0.1) is 22.1 Å². The van der Waals surface area contributed by atoms with Crippen LogP contribution in [-0.2, 0) is 10.8 Å². The van der Waals surface area contributed by atoms with Crippen molar-refractivity contribution in [2.75, 3.05) is 0 Å². The van der Waals surface area contributed by atoms with Crippen LogP contribution in [0.25, 0.3) is 88.4 Å². The lowest BCUT2D eigenvalue weighted by Crippen LogP contribution is -2.15. The SMILES string of the molecule is CC(C)(C)c1ccc(-n2c3ccccc3c3cc(-c4ccc5c(c4)C(C)(C)c4cc(-c6ccc7c(c6)c6ccccc6n7-c6ccccc6)ccc4-5)ccc32)cc1. The molecular weight excluding hydrogens is 689 g/mol. The fourth-order valence-corrected chi connectivity index (χ4v) is 9.65. The van der Waals surface area contributed by atoms with Gasteiger partial charge >= 0.3 is 0 Å². The van der Waals surface area contributed by atoms with Crippen LogP contribution < -0.4 is 0 Å². The highest BCUT2D eigenvalue weighted by molar-refractivity contribution is 6.11. The minimum Gasteiger partial charge on any atom is -0.309 e. The molecule has 0 saturated carbocycles. The molecule has 0 spiro atoms. The van der Waals surface area contributed by atoms with Crippen LogP contribution in [0.2, 0.25) is 0 Å². The van der Waals surface area contributed by atoms with Crippen LogP contribution in [0.1, 0.15) is 51.3 Å². The number of para-hydroxylation sites is 3. The third-order valence-electron chi connectivity index (χ3n) is 12.7. The van der Waals surface area contributed by atoms with Gasteiger partial charge in [0.1, 0.15) is 0 Å². The Morgan fingerprint density at radius 3 is 1.26 bits per heavy atom. The molecule has 0 fully saturated rings. The van der Waals surface area contributed by atoms with Crippen LogP contribution in [0.4, 0.5) is 0 Å². The standard InChI is InChI=1S/C55H44N2/c1-54(2,3)39-23-25-41(26-24-39)57-51-18-12-10-16-45(51)47-32-36(22-30-53(47)57)38-20-28-43-42-27-19-37(33-48(42)55(4,5)49(43)34-38)35-21-29-52-46(31-35)44-15-9-11-17-50(44)56(52)40-13-7-6-8-14-40/h6-34H,1-5H3. The largest absolute Gasteiger partial charge is 0.309 e. The van der Waals surface area contributed by atoms with Crippen molar-refractivity contribution >= 4 is 43.6 Å². The summed E-state index contributed by atoms with van der Waals surface area (Å²) in [5.74, 6) is 0. The van der Waals surface area contributed by atoms with E-state index >= 15 is 0 Å². The first-order valence-electron chi connectivity index (χ1n) is 20.2. The van der Waals surface area contributed by atoms with Gasteiger partial charge in [-0.2, -0.15) is 0 Å². The second-order valence-corrected chi connectivity index (χ2v) is 17.4. The first-order chi connectivity index (χ1) is 27.6. The van der Waals surface area contributed by atoms with Crippen LogP contribution in [0.5, 0.6) is 0 Å². The monoisotopic (exact) mass is 732 g/mol. The van der Waals surface area contributed by atoms with Crippen molar-refractivity contribution in [2.24, 2.45) is 0 Å². The van der Waals surface area contributed by atoms with Gasteiger partial charge in [0.15, 0.2) is 0 Å². The zero-order valence-corrected chi connectivity index (χ0v) is 33.1. The second-order valence-electron chi connectivity index (χ2n) is 17.4. The molecule has 2 heterocycles. The van der Waals surface area contributed by atoms with E-state index in [0.29, 0.717) is 0 Å². The zero-order valence-electron chi connectivity index (χ0n) is 33.1. The number of rotatable bonds is 4. The van der Waals surface area contributed by atoms with E-state index in [-0.39, 0.29) is 10.8 Å². The summed E-state index contributed by atoms with van der Waals surface area (Å²) in [6.45, 7) is 11.6. The Balaban J connectivity index is 0.974. The van der Waals surface area contributed by atoms with E-state index in [4.69, 9.17) is 0 Å². The second kappa shape index (κ2) is 12.2. The van der Waals surface area contributed by atoms with Gasteiger partial charge in [0.25, 0.3) is 0 Å². The third-order valence-corrected chi connectivity index (χ3v) is 12.7. The summed E-state index contributed by atoms with van der Waals surface area (Å²) >= 11 is 0. The number of hydrogen-bond acceptors (Lipinski definition) is 0. The van der Waals surface area contributed by atoms with Crippen molar-refractivity contribution < 1.29 is 0 Å². The van der Waals surface area contributed by atoms with Crippen LogP contribution in [0.15, 0.2) is 176 Å². The Morgan fingerprint density at radius 2 is 0.772 bits per heavy atom. The summed E-state index contributed by atoms with van der Waals surface area (Å²) in [6.07, 6.45) is 0. The maximum atomic E-state index is 2.45. The molecule has 2 heteroatoms. The average Bonchev–Trinajstić information content (AvgIpc) is 3.83. The number of fused-ring (bicyclic) bond motifs is 9. The molecule has 2 nitrogen and oxygen atoms in total. The van der Waals surface area contributed by atoms with E-state index in [0.717, 1.165) is 0 Å². The molecule has 1 aliphatic carbocycles. The highest BCUT2D eigenvalue weighted by atomic mass is 15.0. The predicted octanol–water partition coefficient (Wildman–Crippen LogP) is 14.8. The Bertz CT molecular complexity index is 3220. The maximum absolute atomic E-state index is 2.45. The quantitative estimate of drug-likeness (QED) is 0.170. The summed E-state index contributed by atoms with van der Waals surface area (Å²) in [5.41, 5.74) is 19.0. The van der Waals surface area contributed by atoms with Gasteiger partial charge < -0.3 is 9.13 Å². The molecule has 57 heavy (non-hydrogen) atoms. The molecule has 8 aromatic carbocycles. The first kappa shape index (κ1) is 33.7.